The summed E-state index contributed by atoms with van der Waals surface area (Å²) in [6.45, 7) is 2.45. The fourth-order valence-electron chi connectivity index (χ4n) is 2.64. The molecule has 0 aromatic heterocycles. The Morgan fingerprint density at radius 3 is 2.44 bits per heavy atom. The van der Waals surface area contributed by atoms with Crippen molar-refractivity contribution in [2.75, 3.05) is 32.7 Å². The van der Waals surface area contributed by atoms with Crippen molar-refractivity contribution in [3.8, 4) is 0 Å². The number of alkyl halides is 3. The normalized spacial score (nSPS) is 21.6. The lowest BCUT2D eigenvalue weighted by Crippen LogP contribution is -2.46. The molecule has 2 rings (SSSR count). The molecular weight excluding hydrogens is 347 g/mol. The van der Waals surface area contributed by atoms with Gasteiger partial charge in [0.05, 0.1) is 6.42 Å². The van der Waals surface area contributed by atoms with Crippen molar-refractivity contribution in [2.24, 2.45) is 0 Å². The minimum absolute atomic E-state index is 0.102. The van der Waals surface area contributed by atoms with E-state index in [0.29, 0.717) is 26.2 Å². The van der Waals surface area contributed by atoms with Gasteiger partial charge in [0.25, 0.3) is 5.91 Å². The molecule has 0 saturated carbocycles. The standard InChI is InChI=1S/C14H18F3N3O5/c15-14(16,17)13(24)25-9-8-11(22)20(12(9)23)5-1-2-10(21)19-6-3-18-4-7-19/h9,18H,1-8H2. The van der Waals surface area contributed by atoms with Gasteiger partial charge in [0.2, 0.25) is 11.8 Å². The minimum atomic E-state index is -5.23. The lowest BCUT2D eigenvalue weighted by molar-refractivity contribution is -0.204. The molecule has 0 aliphatic carbocycles. The van der Waals surface area contributed by atoms with Gasteiger partial charge in [-0.05, 0) is 6.42 Å². The smallest absolute Gasteiger partial charge is 0.445 e. The highest BCUT2D eigenvalue weighted by molar-refractivity contribution is 6.05. The molecule has 1 atom stereocenters. The molecule has 25 heavy (non-hydrogen) atoms. The van der Waals surface area contributed by atoms with E-state index in [2.05, 4.69) is 10.1 Å². The summed E-state index contributed by atoms with van der Waals surface area (Å²) in [4.78, 5) is 48.8. The van der Waals surface area contributed by atoms with Crippen LogP contribution in [0, 0.1) is 0 Å². The number of carbonyl (C=O) groups is 4. The second-order valence-electron chi connectivity index (χ2n) is 5.71. The summed E-state index contributed by atoms with van der Waals surface area (Å²) in [7, 11) is 0. The molecule has 0 aromatic carbocycles. The van der Waals surface area contributed by atoms with Gasteiger partial charge in [-0.25, -0.2) is 4.79 Å². The van der Waals surface area contributed by atoms with Gasteiger partial charge in [-0.3, -0.25) is 19.3 Å². The van der Waals surface area contributed by atoms with Crippen LogP contribution in [-0.4, -0.2) is 78.5 Å². The number of hydrogen-bond donors (Lipinski definition) is 1. The quantitative estimate of drug-likeness (QED) is 0.518. The Labute approximate surface area is 141 Å². The monoisotopic (exact) mass is 365 g/mol. The van der Waals surface area contributed by atoms with Gasteiger partial charge in [-0.15, -0.1) is 0 Å². The number of nitrogens with one attached hydrogen (secondary N) is 1. The maximum absolute atomic E-state index is 12.2. The van der Waals surface area contributed by atoms with Crippen LogP contribution in [0.15, 0.2) is 0 Å². The Kier molecular flexibility index (Phi) is 5.98. The fraction of sp³-hybridized carbons (Fsp3) is 0.714. The molecule has 3 amide bonds. The molecule has 1 unspecified atom stereocenters. The van der Waals surface area contributed by atoms with Gasteiger partial charge in [-0.1, -0.05) is 0 Å². The number of nitrogens with zero attached hydrogens (tertiary/aromatic N) is 2. The Balaban J connectivity index is 1.80. The van der Waals surface area contributed by atoms with Gasteiger partial charge < -0.3 is 15.0 Å². The maximum Gasteiger partial charge on any atom is 0.490 e. The van der Waals surface area contributed by atoms with Crippen LogP contribution in [0.1, 0.15) is 19.3 Å². The van der Waals surface area contributed by atoms with E-state index in [9.17, 15) is 32.3 Å². The molecule has 1 N–H and O–H groups in total. The Morgan fingerprint density at radius 1 is 1.20 bits per heavy atom. The van der Waals surface area contributed by atoms with Gasteiger partial charge in [0.1, 0.15) is 0 Å². The van der Waals surface area contributed by atoms with Gasteiger partial charge in [0, 0.05) is 39.1 Å². The van der Waals surface area contributed by atoms with Crippen LogP contribution in [0.3, 0.4) is 0 Å². The number of esters is 1. The molecule has 8 nitrogen and oxygen atoms in total. The topological polar surface area (TPSA) is 96.0 Å². The zero-order valence-corrected chi connectivity index (χ0v) is 13.3. The second-order valence-corrected chi connectivity index (χ2v) is 5.71. The van der Waals surface area contributed by atoms with E-state index in [4.69, 9.17) is 0 Å². The summed E-state index contributed by atoms with van der Waals surface area (Å²) >= 11 is 0. The lowest BCUT2D eigenvalue weighted by atomic mass is 10.2. The fourth-order valence-corrected chi connectivity index (χ4v) is 2.64. The molecule has 2 heterocycles. The number of carbonyl (C=O) groups excluding carboxylic acids is 4. The molecular formula is C14H18F3N3O5. The maximum atomic E-state index is 12.2. The van der Waals surface area contributed by atoms with Crippen molar-refractivity contribution in [3.05, 3.63) is 0 Å². The first-order valence-corrected chi connectivity index (χ1v) is 7.80. The minimum Gasteiger partial charge on any atom is -0.445 e. The number of imide groups is 1. The first-order chi connectivity index (χ1) is 11.7. The Hall–Kier alpha value is -2.17. The number of amides is 3. The molecule has 2 aliphatic heterocycles. The third-order valence-electron chi connectivity index (χ3n) is 3.93. The van der Waals surface area contributed by atoms with E-state index in [1.807, 2.05) is 0 Å². The van der Waals surface area contributed by atoms with E-state index in [-0.39, 0.29) is 25.3 Å². The highest BCUT2D eigenvalue weighted by Crippen LogP contribution is 2.22. The summed E-state index contributed by atoms with van der Waals surface area (Å²) in [5, 5.41) is 3.10. The van der Waals surface area contributed by atoms with Crippen molar-refractivity contribution >= 4 is 23.7 Å². The van der Waals surface area contributed by atoms with E-state index in [1.165, 1.54) is 0 Å². The van der Waals surface area contributed by atoms with E-state index < -0.39 is 36.5 Å². The number of halogens is 3. The molecule has 0 spiro atoms. The Morgan fingerprint density at radius 2 is 1.84 bits per heavy atom. The van der Waals surface area contributed by atoms with Crippen molar-refractivity contribution in [3.63, 3.8) is 0 Å². The van der Waals surface area contributed by atoms with Crippen LogP contribution in [-0.2, 0) is 23.9 Å². The van der Waals surface area contributed by atoms with Crippen molar-refractivity contribution in [1.29, 1.82) is 0 Å². The van der Waals surface area contributed by atoms with Crippen molar-refractivity contribution < 1.29 is 37.1 Å². The largest absolute Gasteiger partial charge is 0.490 e. The number of piperazine rings is 1. The molecule has 2 aliphatic rings. The second kappa shape index (κ2) is 7.81. The molecule has 2 fully saturated rings. The van der Waals surface area contributed by atoms with Crippen LogP contribution in [0.25, 0.3) is 0 Å². The van der Waals surface area contributed by atoms with E-state index >= 15 is 0 Å². The predicted molar refractivity (Wildman–Crippen MR) is 76.0 cm³/mol. The third kappa shape index (κ3) is 4.91. The average molecular weight is 365 g/mol. The summed E-state index contributed by atoms with van der Waals surface area (Å²) < 4.78 is 40.5. The van der Waals surface area contributed by atoms with Gasteiger partial charge >= 0.3 is 12.1 Å². The SMILES string of the molecule is O=C(CCCN1C(=O)CC(OC(=O)C(F)(F)F)C1=O)N1CCNCC1. The third-order valence-corrected chi connectivity index (χ3v) is 3.93. The first-order valence-electron chi connectivity index (χ1n) is 7.80. The van der Waals surface area contributed by atoms with Crippen LogP contribution in [0.5, 0.6) is 0 Å². The number of likely N-dealkylation sites (tertiary alicyclic amines) is 1. The lowest BCUT2D eigenvalue weighted by Gasteiger charge is -2.27. The molecule has 2 saturated heterocycles. The van der Waals surface area contributed by atoms with Gasteiger partial charge in [-0.2, -0.15) is 13.2 Å². The van der Waals surface area contributed by atoms with Crippen molar-refractivity contribution in [2.45, 2.75) is 31.5 Å². The van der Waals surface area contributed by atoms with E-state index in [1.54, 1.807) is 4.90 Å². The van der Waals surface area contributed by atoms with Crippen LogP contribution >= 0.6 is 0 Å². The van der Waals surface area contributed by atoms with Crippen molar-refractivity contribution in [1.82, 2.24) is 15.1 Å². The zero-order chi connectivity index (χ0) is 18.6. The summed E-state index contributed by atoms with van der Waals surface area (Å²) in [5.41, 5.74) is 0. The zero-order valence-electron chi connectivity index (χ0n) is 13.3. The van der Waals surface area contributed by atoms with Gasteiger partial charge in [0.15, 0.2) is 6.10 Å². The average Bonchev–Trinajstić information content (AvgIpc) is 2.82. The molecule has 0 radical (unpaired) electrons. The summed E-state index contributed by atoms with van der Waals surface area (Å²) in [6, 6.07) is 0. The highest BCUT2D eigenvalue weighted by Gasteiger charge is 2.47. The summed E-state index contributed by atoms with van der Waals surface area (Å²) in [6.07, 6.45) is -7.30. The number of hydrogen-bond acceptors (Lipinski definition) is 6. The molecule has 0 bridgehead atoms. The molecule has 11 heteroatoms. The molecule has 0 aromatic rings. The number of rotatable bonds is 5. The first kappa shape index (κ1) is 19.2. The highest BCUT2D eigenvalue weighted by atomic mass is 19.4. The number of ether oxygens (including phenoxy) is 1. The van der Waals surface area contributed by atoms with Crippen LogP contribution in [0.2, 0.25) is 0 Å². The molecule has 140 valence electrons. The van der Waals surface area contributed by atoms with Crippen LogP contribution < -0.4 is 5.32 Å². The Bertz CT molecular complexity index is 560. The van der Waals surface area contributed by atoms with Crippen LogP contribution in [0.4, 0.5) is 13.2 Å². The van der Waals surface area contributed by atoms with E-state index in [0.717, 1.165) is 4.90 Å². The summed E-state index contributed by atoms with van der Waals surface area (Å²) in [5.74, 6) is -4.33. The predicted octanol–water partition coefficient (Wildman–Crippen LogP) is -0.569.